The van der Waals surface area contributed by atoms with Crippen LogP contribution < -0.4 is 4.74 Å². The number of hydrogen-bond donors (Lipinski definition) is 1. The second kappa shape index (κ2) is 8.17. The molecule has 25 heavy (non-hydrogen) atoms. The highest BCUT2D eigenvalue weighted by molar-refractivity contribution is 5.77. The smallest absolute Gasteiger partial charge is 0.223 e. The molecule has 1 N–H and O–H groups in total. The molecule has 0 saturated carbocycles. The summed E-state index contributed by atoms with van der Waals surface area (Å²) in [6.07, 6.45) is -0.359. The lowest BCUT2D eigenvalue weighted by Crippen LogP contribution is -2.35. The number of hydrogen-bond acceptors (Lipinski definition) is 3. The summed E-state index contributed by atoms with van der Waals surface area (Å²) in [6, 6.07) is 17.3. The van der Waals surface area contributed by atoms with Gasteiger partial charge in [-0.05, 0) is 28.7 Å². The number of aliphatic hydroxyl groups excluding tert-OH is 1. The molecule has 0 fully saturated rings. The van der Waals surface area contributed by atoms with Gasteiger partial charge in [0.25, 0.3) is 0 Å². The molecule has 0 aliphatic carbocycles. The van der Waals surface area contributed by atoms with E-state index in [2.05, 4.69) is 13.8 Å². The van der Waals surface area contributed by atoms with Crippen LogP contribution in [0.15, 0.2) is 54.6 Å². The fourth-order valence-electron chi connectivity index (χ4n) is 2.82. The Morgan fingerprint density at radius 2 is 1.84 bits per heavy atom. The van der Waals surface area contributed by atoms with E-state index in [1.54, 1.807) is 25.1 Å². The number of likely N-dealkylation sites (N-methyl/N-ethyl adjacent to an activating group) is 1. The predicted molar refractivity (Wildman–Crippen MR) is 99.7 cm³/mol. The van der Waals surface area contributed by atoms with Crippen molar-refractivity contribution >= 4 is 5.91 Å². The molecule has 0 aromatic heterocycles. The minimum absolute atomic E-state index is 0.01000. The second-order valence-electron chi connectivity index (χ2n) is 6.99. The Balaban J connectivity index is 1.99. The highest BCUT2D eigenvalue weighted by atomic mass is 16.5. The largest absolute Gasteiger partial charge is 0.497 e. The van der Waals surface area contributed by atoms with Crippen LogP contribution in [-0.4, -0.2) is 36.6 Å². The van der Waals surface area contributed by atoms with Crippen LogP contribution in [0.5, 0.6) is 5.75 Å². The van der Waals surface area contributed by atoms with Crippen molar-refractivity contribution in [2.75, 3.05) is 20.7 Å². The molecule has 4 nitrogen and oxygen atoms in total. The number of carbonyl (C=O) groups excluding carboxylic acids is 1. The minimum Gasteiger partial charge on any atom is -0.497 e. The van der Waals surface area contributed by atoms with E-state index < -0.39 is 6.10 Å². The van der Waals surface area contributed by atoms with Crippen molar-refractivity contribution in [2.24, 2.45) is 0 Å². The average molecular weight is 341 g/mol. The monoisotopic (exact) mass is 341 g/mol. The lowest BCUT2D eigenvalue weighted by atomic mass is 9.81. The van der Waals surface area contributed by atoms with Crippen molar-refractivity contribution in [3.63, 3.8) is 0 Å². The molecule has 0 heterocycles. The van der Waals surface area contributed by atoms with Crippen LogP contribution in [0.2, 0.25) is 0 Å². The van der Waals surface area contributed by atoms with Gasteiger partial charge >= 0.3 is 0 Å². The van der Waals surface area contributed by atoms with E-state index in [4.69, 9.17) is 4.74 Å². The molecule has 0 saturated heterocycles. The standard InChI is InChI=1S/C21H27NO3/c1-21(2,17-10-6-5-7-11-17)14-20(24)22(3)15-19(23)16-9-8-12-18(13-16)25-4/h5-13,19,23H,14-15H2,1-4H3. The van der Waals surface area contributed by atoms with Gasteiger partial charge in [0.2, 0.25) is 5.91 Å². The zero-order chi connectivity index (χ0) is 18.4. The molecule has 4 heteroatoms. The summed E-state index contributed by atoms with van der Waals surface area (Å²) in [5.41, 5.74) is 1.61. The van der Waals surface area contributed by atoms with E-state index >= 15 is 0 Å². The Kier molecular flexibility index (Phi) is 6.21. The first-order valence-electron chi connectivity index (χ1n) is 8.45. The molecular weight excluding hydrogens is 314 g/mol. The SMILES string of the molecule is COc1cccc(C(O)CN(C)C(=O)CC(C)(C)c2ccccc2)c1. The Hall–Kier alpha value is -2.33. The summed E-state index contributed by atoms with van der Waals surface area (Å²) < 4.78 is 5.18. The van der Waals surface area contributed by atoms with Crippen LogP contribution >= 0.6 is 0 Å². The molecule has 0 aliphatic heterocycles. The third kappa shape index (κ3) is 5.07. The van der Waals surface area contributed by atoms with Gasteiger partial charge in [0.1, 0.15) is 5.75 Å². The highest BCUT2D eigenvalue weighted by Crippen LogP contribution is 2.28. The van der Waals surface area contributed by atoms with E-state index in [9.17, 15) is 9.90 Å². The van der Waals surface area contributed by atoms with Crippen molar-refractivity contribution in [3.05, 3.63) is 65.7 Å². The lowest BCUT2D eigenvalue weighted by molar-refractivity contribution is -0.132. The molecule has 2 aromatic carbocycles. The first kappa shape index (κ1) is 19.0. The number of aliphatic hydroxyl groups is 1. The van der Waals surface area contributed by atoms with Gasteiger partial charge in [0.15, 0.2) is 0 Å². The number of ether oxygens (including phenoxy) is 1. The van der Waals surface area contributed by atoms with Crippen molar-refractivity contribution in [2.45, 2.75) is 31.8 Å². The Morgan fingerprint density at radius 3 is 2.48 bits per heavy atom. The van der Waals surface area contributed by atoms with E-state index in [1.807, 2.05) is 48.5 Å². The van der Waals surface area contributed by atoms with Gasteiger partial charge in [0, 0.05) is 13.5 Å². The summed E-state index contributed by atoms with van der Waals surface area (Å²) in [4.78, 5) is 14.2. The molecular formula is C21H27NO3. The minimum atomic E-state index is -0.746. The maximum absolute atomic E-state index is 12.6. The number of amides is 1. The van der Waals surface area contributed by atoms with E-state index in [0.717, 1.165) is 11.1 Å². The zero-order valence-electron chi connectivity index (χ0n) is 15.4. The fraction of sp³-hybridized carbons (Fsp3) is 0.381. The summed E-state index contributed by atoms with van der Waals surface area (Å²) >= 11 is 0. The lowest BCUT2D eigenvalue weighted by Gasteiger charge is -2.28. The number of nitrogens with zero attached hydrogens (tertiary/aromatic N) is 1. The van der Waals surface area contributed by atoms with Crippen molar-refractivity contribution < 1.29 is 14.6 Å². The molecule has 1 unspecified atom stereocenters. The number of benzene rings is 2. The van der Waals surface area contributed by atoms with Crippen LogP contribution in [0.4, 0.5) is 0 Å². The quantitative estimate of drug-likeness (QED) is 0.838. The Bertz CT molecular complexity index is 697. The van der Waals surface area contributed by atoms with E-state index in [1.165, 1.54) is 0 Å². The third-order valence-corrected chi connectivity index (χ3v) is 4.50. The van der Waals surface area contributed by atoms with Crippen molar-refractivity contribution in [1.29, 1.82) is 0 Å². The Labute approximate surface area is 150 Å². The highest BCUT2D eigenvalue weighted by Gasteiger charge is 2.26. The number of carbonyl (C=O) groups is 1. The summed E-state index contributed by atoms with van der Waals surface area (Å²) in [5, 5.41) is 10.4. The topological polar surface area (TPSA) is 49.8 Å². The maximum atomic E-state index is 12.6. The summed E-state index contributed by atoms with van der Waals surface area (Å²) in [5.74, 6) is 0.700. The summed E-state index contributed by atoms with van der Waals surface area (Å²) in [7, 11) is 3.32. The predicted octanol–water partition coefficient (Wildman–Crippen LogP) is 3.55. The fourth-order valence-corrected chi connectivity index (χ4v) is 2.82. The van der Waals surface area contributed by atoms with Gasteiger partial charge < -0.3 is 14.7 Å². The van der Waals surface area contributed by atoms with Crippen LogP contribution in [0, 0.1) is 0 Å². The molecule has 0 bridgehead atoms. The van der Waals surface area contributed by atoms with Crippen LogP contribution in [0.1, 0.15) is 37.5 Å². The molecule has 1 atom stereocenters. The van der Waals surface area contributed by atoms with Crippen LogP contribution in [0.25, 0.3) is 0 Å². The molecule has 0 aliphatic rings. The first-order chi connectivity index (χ1) is 11.8. The van der Waals surface area contributed by atoms with Gasteiger partial charge in [-0.25, -0.2) is 0 Å². The second-order valence-corrected chi connectivity index (χ2v) is 6.99. The molecule has 2 rings (SSSR count). The van der Waals surface area contributed by atoms with Gasteiger partial charge in [-0.15, -0.1) is 0 Å². The zero-order valence-corrected chi connectivity index (χ0v) is 15.4. The van der Waals surface area contributed by atoms with Crippen LogP contribution in [0.3, 0.4) is 0 Å². The van der Waals surface area contributed by atoms with Gasteiger partial charge in [-0.3, -0.25) is 4.79 Å². The normalized spacial score (nSPS) is 12.5. The maximum Gasteiger partial charge on any atom is 0.223 e. The first-order valence-corrected chi connectivity index (χ1v) is 8.45. The molecule has 134 valence electrons. The molecule has 1 amide bonds. The van der Waals surface area contributed by atoms with Gasteiger partial charge in [0.05, 0.1) is 19.8 Å². The van der Waals surface area contributed by atoms with Crippen molar-refractivity contribution in [1.82, 2.24) is 4.90 Å². The number of rotatable bonds is 7. The van der Waals surface area contributed by atoms with Crippen LogP contribution in [-0.2, 0) is 10.2 Å². The van der Waals surface area contributed by atoms with Crippen molar-refractivity contribution in [3.8, 4) is 5.75 Å². The van der Waals surface area contributed by atoms with Gasteiger partial charge in [-0.1, -0.05) is 56.3 Å². The van der Waals surface area contributed by atoms with Gasteiger partial charge in [-0.2, -0.15) is 0 Å². The Morgan fingerprint density at radius 1 is 1.16 bits per heavy atom. The molecule has 2 aromatic rings. The van der Waals surface area contributed by atoms with E-state index in [-0.39, 0.29) is 17.9 Å². The number of methoxy groups -OCH3 is 1. The molecule has 0 radical (unpaired) electrons. The average Bonchev–Trinajstić information content (AvgIpc) is 2.62. The summed E-state index contributed by atoms with van der Waals surface area (Å²) in [6.45, 7) is 4.37. The van der Waals surface area contributed by atoms with E-state index in [0.29, 0.717) is 12.2 Å². The third-order valence-electron chi connectivity index (χ3n) is 4.50. The molecule has 0 spiro atoms.